The number of amides is 2. The summed E-state index contributed by atoms with van der Waals surface area (Å²) in [6, 6.07) is 5.68. The molecule has 3 heterocycles. The number of hydrogen-bond donors (Lipinski definition) is 2. The van der Waals surface area contributed by atoms with Gasteiger partial charge in [-0.3, -0.25) is 14.5 Å². The van der Waals surface area contributed by atoms with E-state index in [-0.39, 0.29) is 24.5 Å². The Labute approximate surface area is 172 Å². The topological polar surface area (TPSA) is 92.8 Å². The maximum atomic E-state index is 12.4. The van der Waals surface area contributed by atoms with Crippen molar-refractivity contribution in [2.45, 2.75) is 32.4 Å². The molecule has 5 rings (SSSR count). The van der Waals surface area contributed by atoms with E-state index < -0.39 is 0 Å². The largest absolute Gasteiger partial charge is 0.454 e. The van der Waals surface area contributed by atoms with Crippen LogP contribution in [0.4, 0.5) is 5.13 Å². The Morgan fingerprint density at radius 1 is 1.24 bits per heavy atom. The molecule has 2 N–H and O–H groups in total. The molecule has 8 nitrogen and oxygen atoms in total. The summed E-state index contributed by atoms with van der Waals surface area (Å²) >= 11 is 1.52. The fraction of sp³-hybridized carbons (Fsp3) is 0.450. The Balaban J connectivity index is 1.12. The van der Waals surface area contributed by atoms with Crippen LogP contribution in [0.5, 0.6) is 11.5 Å². The molecule has 1 aromatic carbocycles. The van der Waals surface area contributed by atoms with Crippen molar-refractivity contribution in [2.75, 3.05) is 25.2 Å². The van der Waals surface area contributed by atoms with E-state index in [1.165, 1.54) is 11.3 Å². The Bertz CT molecular complexity index is 956. The second-order valence-corrected chi connectivity index (χ2v) is 8.66. The third kappa shape index (κ3) is 4.20. The number of thiazole rings is 1. The number of benzene rings is 1. The summed E-state index contributed by atoms with van der Waals surface area (Å²) in [6.45, 7) is 2.50. The molecule has 152 valence electrons. The van der Waals surface area contributed by atoms with E-state index in [0.717, 1.165) is 53.4 Å². The number of carbonyl (C=O) groups excluding carboxylic acids is 2. The third-order valence-corrected chi connectivity index (χ3v) is 6.28. The van der Waals surface area contributed by atoms with Gasteiger partial charge in [0.15, 0.2) is 16.6 Å². The first-order chi connectivity index (χ1) is 14.1. The van der Waals surface area contributed by atoms with Gasteiger partial charge in [0.2, 0.25) is 18.6 Å². The zero-order valence-electron chi connectivity index (χ0n) is 15.9. The summed E-state index contributed by atoms with van der Waals surface area (Å²) in [6.07, 6.45) is 2.75. The second-order valence-electron chi connectivity index (χ2n) is 7.58. The van der Waals surface area contributed by atoms with Gasteiger partial charge in [-0.1, -0.05) is 6.07 Å². The molecular formula is C20H22N4O4S. The maximum Gasteiger partial charge on any atom is 0.234 e. The minimum absolute atomic E-state index is 0.0158. The van der Waals surface area contributed by atoms with Crippen molar-refractivity contribution in [1.82, 2.24) is 15.2 Å². The van der Waals surface area contributed by atoms with Crippen molar-refractivity contribution in [3.63, 3.8) is 0 Å². The van der Waals surface area contributed by atoms with Gasteiger partial charge in [0.05, 0.1) is 12.2 Å². The van der Waals surface area contributed by atoms with Crippen LogP contribution >= 0.6 is 11.3 Å². The Hall–Kier alpha value is -2.65. The lowest BCUT2D eigenvalue weighted by Crippen LogP contribution is -2.39. The quantitative estimate of drug-likeness (QED) is 0.750. The minimum Gasteiger partial charge on any atom is -0.454 e. The van der Waals surface area contributed by atoms with Gasteiger partial charge < -0.3 is 20.1 Å². The van der Waals surface area contributed by atoms with E-state index >= 15 is 0 Å². The van der Waals surface area contributed by atoms with Crippen molar-refractivity contribution in [1.29, 1.82) is 0 Å². The fourth-order valence-corrected chi connectivity index (χ4v) is 4.55. The summed E-state index contributed by atoms with van der Waals surface area (Å²) < 4.78 is 10.7. The highest BCUT2D eigenvalue weighted by molar-refractivity contribution is 7.15. The molecule has 1 aromatic heterocycles. The maximum absolute atomic E-state index is 12.4. The van der Waals surface area contributed by atoms with E-state index in [0.29, 0.717) is 24.8 Å². The molecule has 3 aliphatic rings. The molecule has 0 atom stereocenters. The Kier molecular flexibility index (Phi) is 4.84. The molecule has 0 bridgehead atoms. The number of anilines is 1. The van der Waals surface area contributed by atoms with Crippen LogP contribution in [0.3, 0.4) is 0 Å². The number of fused-ring (bicyclic) bond motifs is 2. The van der Waals surface area contributed by atoms with Crippen LogP contribution in [0.15, 0.2) is 18.2 Å². The zero-order chi connectivity index (χ0) is 19.8. The summed E-state index contributed by atoms with van der Waals surface area (Å²) in [7, 11) is 0. The van der Waals surface area contributed by atoms with E-state index in [2.05, 4.69) is 20.5 Å². The zero-order valence-corrected chi connectivity index (χ0v) is 16.7. The second kappa shape index (κ2) is 7.64. The van der Waals surface area contributed by atoms with Gasteiger partial charge in [0.25, 0.3) is 0 Å². The van der Waals surface area contributed by atoms with Crippen LogP contribution < -0.4 is 20.1 Å². The lowest BCUT2D eigenvalue weighted by Gasteiger charge is -2.25. The molecule has 2 aliphatic heterocycles. The first kappa shape index (κ1) is 18.4. The van der Waals surface area contributed by atoms with Crippen LogP contribution in [0.1, 0.15) is 29.0 Å². The smallest absolute Gasteiger partial charge is 0.234 e. The number of nitrogens with zero attached hydrogens (tertiary/aromatic N) is 2. The highest BCUT2D eigenvalue weighted by atomic mass is 32.1. The molecular weight excluding hydrogens is 392 g/mol. The number of aromatic nitrogens is 1. The van der Waals surface area contributed by atoms with Crippen molar-refractivity contribution >= 4 is 28.3 Å². The molecule has 0 spiro atoms. The molecule has 1 saturated carbocycles. The fourth-order valence-electron chi connectivity index (χ4n) is 3.50. The SMILES string of the molecule is O=C(CN1CCc2nc(NC(=O)C3CC3)sc2C1)NCc1ccc2c(c1)OCO2. The van der Waals surface area contributed by atoms with Crippen LogP contribution in [0, 0.1) is 5.92 Å². The highest BCUT2D eigenvalue weighted by Gasteiger charge is 2.31. The van der Waals surface area contributed by atoms with E-state index in [9.17, 15) is 9.59 Å². The monoisotopic (exact) mass is 414 g/mol. The molecule has 2 aromatic rings. The van der Waals surface area contributed by atoms with Crippen molar-refractivity contribution in [3.05, 3.63) is 34.3 Å². The van der Waals surface area contributed by atoms with Gasteiger partial charge in [0.1, 0.15) is 0 Å². The van der Waals surface area contributed by atoms with E-state index in [1.807, 2.05) is 18.2 Å². The molecule has 0 radical (unpaired) electrons. The van der Waals surface area contributed by atoms with Crippen LogP contribution in [0.25, 0.3) is 0 Å². The Morgan fingerprint density at radius 3 is 2.97 bits per heavy atom. The van der Waals surface area contributed by atoms with Crippen LogP contribution in [-0.2, 0) is 29.1 Å². The molecule has 2 amide bonds. The standard InChI is InChI=1S/C20H22N4O4S/c25-18(21-8-12-1-4-15-16(7-12)28-11-27-15)10-24-6-5-14-17(9-24)29-20(22-14)23-19(26)13-2-3-13/h1,4,7,13H,2-3,5-6,8-11H2,(H,21,25)(H,22,23,26). The number of rotatable bonds is 6. The normalized spacial score (nSPS) is 17.7. The van der Waals surface area contributed by atoms with Gasteiger partial charge in [-0.2, -0.15) is 0 Å². The van der Waals surface area contributed by atoms with Crippen LogP contribution in [0.2, 0.25) is 0 Å². The van der Waals surface area contributed by atoms with Crippen LogP contribution in [-0.4, -0.2) is 41.6 Å². The average Bonchev–Trinajstić information content (AvgIpc) is 3.33. The minimum atomic E-state index is -0.0158. The number of hydrogen-bond acceptors (Lipinski definition) is 7. The van der Waals surface area contributed by atoms with Gasteiger partial charge in [-0.05, 0) is 30.5 Å². The van der Waals surface area contributed by atoms with Gasteiger partial charge in [0, 0.05) is 36.9 Å². The van der Waals surface area contributed by atoms with Crippen molar-refractivity contribution in [2.24, 2.45) is 5.92 Å². The number of nitrogens with one attached hydrogen (secondary N) is 2. The van der Waals surface area contributed by atoms with Crippen molar-refractivity contribution in [3.8, 4) is 11.5 Å². The van der Waals surface area contributed by atoms with Gasteiger partial charge in [-0.25, -0.2) is 4.98 Å². The molecule has 0 unspecified atom stereocenters. The summed E-state index contributed by atoms with van der Waals surface area (Å²) in [5.41, 5.74) is 2.01. The highest BCUT2D eigenvalue weighted by Crippen LogP contribution is 2.33. The first-order valence-corrected chi connectivity index (χ1v) is 10.6. The number of ether oxygens (including phenoxy) is 2. The van der Waals surface area contributed by atoms with Gasteiger partial charge >= 0.3 is 0 Å². The van der Waals surface area contributed by atoms with E-state index in [1.54, 1.807) is 0 Å². The summed E-state index contributed by atoms with van der Waals surface area (Å²) in [4.78, 5) is 32.1. The molecule has 9 heteroatoms. The first-order valence-electron chi connectivity index (χ1n) is 9.81. The lowest BCUT2D eigenvalue weighted by molar-refractivity contribution is -0.122. The average molecular weight is 414 g/mol. The number of carbonyl (C=O) groups is 2. The van der Waals surface area contributed by atoms with E-state index in [4.69, 9.17) is 9.47 Å². The molecule has 0 saturated heterocycles. The third-order valence-electron chi connectivity index (χ3n) is 5.28. The summed E-state index contributed by atoms with van der Waals surface area (Å²) in [5.74, 6) is 1.69. The predicted octanol–water partition coefficient (Wildman–Crippen LogP) is 1.89. The van der Waals surface area contributed by atoms with Crippen molar-refractivity contribution < 1.29 is 19.1 Å². The Morgan fingerprint density at radius 2 is 2.10 bits per heavy atom. The van der Waals surface area contributed by atoms with Gasteiger partial charge in [-0.15, -0.1) is 11.3 Å². The molecule has 1 fully saturated rings. The molecule has 29 heavy (non-hydrogen) atoms. The lowest BCUT2D eigenvalue weighted by atomic mass is 10.2. The summed E-state index contributed by atoms with van der Waals surface area (Å²) in [5, 5.41) is 6.57. The predicted molar refractivity (Wildman–Crippen MR) is 107 cm³/mol. The molecule has 1 aliphatic carbocycles.